The van der Waals surface area contributed by atoms with Gasteiger partial charge in [0.05, 0.1) is 11.1 Å². The van der Waals surface area contributed by atoms with Gasteiger partial charge in [0.25, 0.3) is 17.4 Å². The number of nitrogens with one attached hydrogen (secondary N) is 2. The summed E-state index contributed by atoms with van der Waals surface area (Å²) in [5.41, 5.74) is -2.21. The summed E-state index contributed by atoms with van der Waals surface area (Å²) in [4.78, 5) is 34.8. The second-order valence-electron chi connectivity index (χ2n) is 6.17. The predicted octanol–water partition coefficient (Wildman–Crippen LogP) is 2.67. The van der Waals surface area contributed by atoms with Crippen LogP contribution < -0.4 is 15.8 Å². The van der Waals surface area contributed by atoms with E-state index in [1.165, 1.54) is 4.90 Å². The number of carbonyl (C=O) groups excluding carboxylic acids is 1. The predicted molar refractivity (Wildman–Crippen MR) is 88.4 cm³/mol. The van der Waals surface area contributed by atoms with Crippen molar-refractivity contribution >= 4 is 17.7 Å². The minimum absolute atomic E-state index is 0.153. The number of rotatable bonds is 3. The third kappa shape index (κ3) is 4.43. The average molecular weight is 403 g/mol. The monoisotopic (exact) mass is 403 g/mol. The Morgan fingerprint density at radius 1 is 1.21 bits per heavy atom. The summed E-state index contributed by atoms with van der Waals surface area (Å²) >= 11 is 0. The molecule has 0 atom stereocenters. The molecule has 3 heterocycles. The number of aromatic amines is 1. The highest BCUT2D eigenvalue weighted by atomic mass is 19.4. The fourth-order valence-corrected chi connectivity index (χ4v) is 2.69. The highest BCUT2D eigenvalue weighted by Gasteiger charge is 2.37. The summed E-state index contributed by atoms with van der Waals surface area (Å²) in [6, 6.07) is 1.67. The lowest BCUT2D eigenvalue weighted by molar-refractivity contribution is -0.137. The van der Waals surface area contributed by atoms with Crippen LogP contribution in [0.4, 0.5) is 33.7 Å². The lowest BCUT2D eigenvalue weighted by Crippen LogP contribution is -2.40. The number of alkyl halides is 5. The van der Waals surface area contributed by atoms with E-state index in [0.717, 1.165) is 12.3 Å². The molecule has 0 unspecified atom stereocenters. The van der Waals surface area contributed by atoms with Crippen molar-refractivity contribution in [1.29, 1.82) is 0 Å². The third-order valence-electron chi connectivity index (χ3n) is 4.14. The van der Waals surface area contributed by atoms with E-state index in [4.69, 9.17) is 0 Å². The van der Waals surface area contributed by atoms with Gasteiger partial charge in [-0.25, -0.2) is 18.7 Å². The van der Waals surface area contributed by atoms with E-state index in [2.05, 4.69) is 20.3 Å². The van der Waals surface area contributed by atoms with Crippen LogP contribution in [-0.2, 0) is 6.18 Å². The smallest absolute Gasteiger partial charge is 0.356 e. The van der Waals surface area contributed by atoms with Gasteiger partial charge in [0.15, 0.2) is 0 Å². The number of halogens is 5. The molecule has 1 fully saturated rings. The fourth-order valence-electron chi connectivity index (χ4n) is 2.69. The van der Waals surface area contributed by atoms with Crippen molar-refractivity contribution in [2.24, 2.45) is 0 Å². The van der Waals surface area contributed by atoms with E-state index in [9.17, 15) is 31.5 Å². The van der Waals surface area contributed by atoms with Gasteiger partial charge < -0.3 is 4.90 Å². The zero-order chi connectivity index (χ0) is 20.5. The SMILES string of the molecule is O=C(Nc1nccc(=O)[nH]1)c1cc(C(F)(F)F)cnc1N1CCC(F)(F)CC1. The summed E-state index contributed by atoms with van der Waals surface area (Å²) in [5.74, 6) is -4.32. The van der Waals surface area contributed by atoms with Gasteiger partial charge in [0, 0.05) is 44.4 Å². The second kappa shape index (κ2) is 7.17. The first-order valence-electron chi connectivity index (χ1n) is 8.12. The van der Waals surface area contributed by atoms with Crippen molar-refractivity contribution in [3.05, 3.63) is 46.0 Å². The zero-order valence-electron chi connectivity index (χ0n) is 14.2. The molecule has 2 aromatic rings. The standard InChI is InChI=1S/C16H14F5N5O2/c17-15(18)2-5-26(6-3-15)12-10(7-9(8-23-12)16(19,20)21)13(28)25-14-22-4-1-11(27)24-14/h1,4,7-8H,2-3,5-6H2,(H2,22,24,25,27,28). The van der Waals surface area contributed by atoms with Crippen LogP contribution in [0.5, 0.6) is 0 Å². The van der Waals surface area contributed by atoms with Crippen molar-refractivity contribution < 1.29 is 26.7 Å². The van der Waals surface area contributed by atoms with Gasteiger partial charge in [0.2, 0.25) is 5.95 Å². The van der Waals surface area contributed by atoms with Crippen molar-refractivity contribution in [1.82, 2.24) is 15.0 Å². The molecule has 2 aromatic heterocycles. The first-order chi connectivity index (χ1) is 13.0. The molecule has 7 nitrogen and oxygen atoms in total. The molecule has 28 heavy (non-hydrogen) atoms. The van der Waals surface area contributed by atoms with Crippen LogP contribution in [0.3, 0.4) is 0 Å². The molecule has 12 heteroatoms. The summed E-state index contributed by atoms with van der Waals surface area (Å²) < 4.78 is 65.9. The molecule has 1 aliphatic rings. The third-order valence-corrected chi connectivity index (χ3v) is 4.14. The maximum atomic E-state index is 13.4. The number of carbonyl (C=O) groups is 1. The average Bonchev–Trinajstić information content (AvgIpc) is 2.60. The Hall–Kier alpha value is -3.05. The van der Waals surface area contributed by atoms with Gasteiger partial charge in [-0.3, -0.25) is 19.9 Å². The molecule has 0 radical (unpaired) electrons. The summed E-state index contributed by atoms with van der Waals surface area (Å²) in [6.07, 6.45) is -4.13. The molecule has 0 bridgehead atoms. The highest BCUT2D eigenvalue weighted by molar-refractivity contribution is 6.07. The molecule has 150 valence electrons. The van der Waals surface area contributed by atoms with Crippen LogP contribution in [0.2, 0.25) is 0 Å². The molecule has 3 rings (SSSR count). The van der Waals surface area contributed by atoms with E-state index in [1.807, 2.05) is 0 Å². The maximum absolute atomic E-state index is 13.4. The first kappa shape index (κ1) is 19.7. The molecule has 1 aliphatic heterocycles. The summed E-state index contributed by atoms with van der Waals surface area (Å²) in [5, 5.41) is 2.19. The zero-order valence-corrected chi connectivity index (χ0v) is 14.2. The number of aromatic nitrogens is 3. The van der Waals surface area contributed by atoms with Crippen LogP contribution in [-0.4, -0.2) is 39.9 Å². The minimum atomic E-state index is -4.76. The molecule has 0 aliphatic carbocycles. The van der Waals surface area contributed by atoms with Crippen molar-refractivity contribution in [2.45, 2.75) is 24.9 Å². The van der Waals surface area contributed by atoms with E-state index >= 15 is 0 Å². The lowest BCUT2D eigenvalue weighted by Gasteiger charge is -2.33. The van der Waals surface area contributed by atoms with Gasteiger partial charge >= 0.3 is 6.18 Å². The van der Waals surface area contributed by atoms with E-state index < -0.39 is 47.5 Å². The Labute approximate surface area is 154 Å². The van der Waals surface area contributed by atoms with Crippen LogP contribution in [0.15, 0.2) is 29.3 Å². The van der Waals surface area contributed by atoms with Crippen molar-refractivity contribution in [3.8, 4) is 0 Å². The number of pyridine rings is 1. The molecule has 0 spiro atoms. The van der Waals surface area contributed by atoms with Crippen LogP contribution >= 0.6 is 0 Å². The number of hydrogen-bond acceptors (Lipinski definition) is 5. The Kier molecular flexibility index (Phi) is 5.04. The van der Waals surface area contributed by atoms with Crippen molar-refractivity contribution in [2.75, 3.05) is 23.3 Å². The molecular weight excluding hydrogens is 389 g/mol. The second-order valence-corrected chi connectivity index (χ2v) is 6.17. The van der Waals surface area contributed by atoms with Crippen LogP contribution in [0, 0.1) is 0 Å². The number of H-pyrrole nitrogens is 1. The first-order valence-corrected chi connectivity index (χ1v) is 8.12. The Balaban J connectivity index is 1.96. The molecule has 1 saturated heterocycles. The quantitative estimate of drug-likeness (QED) is 0.769. The number of piperidine rings is 1. The van der Waals surface area contributed by atoms with Gasteiger partial charge in [-0.05, 0) is 6.07 Å². The minimum Gasteiger partial charge on any atom is -0.356 e. The number of nitrogens with zero attached hydrogens (tertiary/aromatic N) is 3. The van der Waals surface area contributed by atoms with E-state index in [0.29, 0.717) is 12.3 Å². The molecule has 0 aromatic carbocycles. The molecular formula is C16H14F5N5O2. The number of amides is 1. The molecule has 1 amide bonds. The topological polar surface area (TPSA) is 91.0 Å². The Morgan fingerprint density at radius 3 is 2.50 bits per heavy atom. The van der Waals surface area contributed by atoms with Gasteiger partial charge in [-0.15, -0.1) is 0 Å². The van der Waals surface area contributed by atoms with Gasteiger partial charge in [0.1, 0.15) is 5.82 Å². The lowest BCUT2D eigenvalue weighted by atomic mass is 10.1. The Bertz CT molecular complexity index is 934. The molecule has 2 N–H and O–H groups in total. The van der Waals surface area contributed by atoms with E-state index in [1.54, 1.807) is 0 Å². The number of anilines is 2. The Morgan fingerprint density at radius 2 is 1.89 bits per heavy atom. The fraction of sp³-hybridized carbons (Fsp3) is 0.375. The van der Waals surface area contributed by atoms with Gasteiger partial charge in [-0.1, -0.05) is 0 Å². The number of hydrogen-bond donors (Lipinski definition) is 2. The van der Waals surface area contributed by atoms with Crippen LogP contribution in [0.25, 0.3) is 0 Å². The maximum Gasteiger partial charge on any atom is 0.417 e. The highest BCUT2D eigenvalue weighted by Crippen LogP contribution is 2.34. The summed E-state index contributed by atoms with van der Waals surface area (Å²) in [6.45, 7) is -0.349. The molecule has 0 saturated carbocycles. The van der Waals surface area contributed by atoms with Gasteiger partial charge in [-0.2, -0.15) is 13.2 Å². The largest absolute Gasteiger partial charge is 0.417 e. The van der Waals surface area contributed by atoms with Crippen LogP contribution in [0.1, 0.15) is 28.8 Å². The summed E-state index contributed by atoms with van der Waals surface area (Å²) in [7, 11) is 0. The van der Waals surface area contributed by atoms with Crippen molar-refractivity contribution in [3.63, 3.8) is 0 Å². The van der Waals surface area contributed by atoms with E-state index in [-0.39, 0.29) is 24.9 Å². The normalized spacial score (nSPS) is 16.7.